The molecule has 1 aliphatic heterocycles. The fourth-order valence-corrected chi connectivity index (χ4v) is 4.94. The summed E-state index contributed by atoms with van der Waals surface area (Å²) in [5.41, 5.74) is 5.30. The van der Waals surface area contributed by atoms with E-state index in [1.54, 1.807) is 7.11 Å². The Morgan fingerprint density at radius 1 is 1.26 bits per heavy atom. The molecule has 0 spiro atoms. The second-order valence-electron chi connectivity index (χ2n) is 9.43. The van der Waals surface area contributed by atoms with Gasteiger partial charge in [-0.3, -0.25) is 9.58 Å². The molecule has 2 heterocycles. The van der Waals surface area contributed by atoms with Gasteiger partial charge in [-0.25, -0.2) is 0 Å². The van der Waals surface area contributed by atoms with Crippen LogP contribution < -0.4 is 4.74 Å². The van der Waals surface area contributed by atoms with Gasteiger partial charge in [-0.05, 0) is 83.7 Å². The van der Waals surface area contributed by atoms with E-state index in [1.807, 2.05) is 6.07 Å². The van der Waals surface area contributed by atoms with Gasteiger partial charge in [0.15, 0.2) is 0 Å². The maximum Gasteiger partial charge on any atom is 0.119 e. The molecule has 0 unspecified atom stereocenters. The Labute approximate surface area is 189 Å². The molecule has 0 saturated carbocycles. The van der Waals surface area contributed by atoms with Crippen molar-refractivity contribution >= 4 is 0 Å². The summed E-state index contributed by atoms with van der Waals surface area (Å²) in [7, 11) is 1.74. The molecule has 0 N–H and O–H groups in total. The first-order valence-electron chi connectivity index (χ1n) is 12.0. The van der Waals surface area contributed by atoms with E-state index < -0.39 is 0 Å². The monoisotopic (exact) mass is 426 g/mol. The van der Waals surface area contributed by atoms with Crippen molar-refractivity contribution in [1.29, 1.82) is 0 Å². The van der Waals surface area contributed by atoms with Gasteiger partial charge in [0.2, 0.25) is 0 Å². The molecule has 0 aliphatic carbocycles. The van der Waals surface area contributed by atoms with Crippen LogP contribution in [-0.2, 0) is 13.0 Å². The van der Waals surface area contributed by atoms with Gasteiger partial charge < -0.3 is 9.64 Å². The Hall–Kier alpha value is -1.85. The van der Waals surface area contributed by atoms with Crippen molar-refractivity contribution in [2.24, 2.45) is 5.92 Å². The summed E-state index contributed by atoms with van der Waals surface area (Å²) in [4.78, 5) is 5.28. The average molecular weight is 427 g/mol. The first-order chi connectivity index (χ1) is 14.9. The second-order valence-corrected chi connectivity index (χ2v) is 9.43. The van der Waals surface area contributed by atoms with E-state index in [-0.39, 0.29) is 0 Å². The molecule has 0 bridgehead atoms. The molecule has 5 heteroatoms. The number of rotatable bonds is 10. The van der Waals surface area contributed by atoms with Crippen LogP contribution in [0.5, 0.6) is 5.75 Å². The summed E-state index contributed by atoms with van der Waals surface area (Å²) in [5, 5.41) is 4.79. The molecule has 2 aromatic rings. The van der Waals surface area contributed by atoms with Crippen LogP contribution in [0.4, 0.5) is 0 Å². The minimum absolute atomic E-state index is 0.416. The molecule has 5 nitrogen and oxygen atoms in total. The van der Waals surface area contributed by atoms with E-state index in [1.165, 1.54) is 55.0 Å². The van der Waals surface area contributed by atoms with Gasteiger partial charge >= 0.3 is 0 Å². The molecule has 1 atom stereocenters. The summed E-state index contributed by atoms with van der Waals surface area (Å²) in [5.74, 6) is 1.71. The van der Waals surface area contributed by atoms with Gasteiger partial charge in [0.1, 0.15) is 5.75 Å². The quantitative estimate of drug-likeness (QED) is 0.543. The van der Waals surface area contributed by atoms with Crippen LogP contribution in [0.3, 0.4) is 0 Å². The fourth-order valence-electron chi connectivity index (χ4n) is 4.94. The predicted octanol–water partition coefficient (Wildman–Crippen LogP) is 4.87. The number of ether oxygens (including phenoxy) is 1. The van der Waals surface area contributed by atoms with Crippen molar-refractivity contribution in [2.75, 3.05) is 39.8 Å². The Morgan fingerprint density at radius 2 is 2.06 bits per heavy atom. The third kappa shape index (κ3) is 6.33. The third-order valence-electron chi connectivity index (χ3n) is 6.76. The van der Waals surface area contributed by atoms with Crippen molar-refractivity contribution in [3.05, 3.63) is 46.8 Å². The highest BCUT2D eigenvalue weighted by molar-refractivity contribution is 5.28. The Morgan fingerprint density at radius 3 is 2.74 bits per heavy atom. The number of methoxy groups -OCH3 is 1. The van der Waals surface area contributed by atoms with E-state index in [0.717, 1.165) is 37.7 Å². The molecule has 1 aliphatic rings. The molecule has 1 fully saturated rings. The zero-order valence-electron chi connectivity index (χ0n) is 20.5. The highest BCUT2D eigenvalue weighted by Gasteiger charge is 2.23. The standard InChI is InChI=1S/C26H42N4O/c1-7-28(19-26-21(4)27-30(20(2)3)22(26)5)17-24-11-9-14-29(18-24)15-13-23-10-8-12-25(16-23)31-6/h8,10,12,16,20,24H,7,9,11,13-15,17-19H2,1-6H3/t24-/m0/s1. The number of aryl methyl sites for hydroxylation is 1. The molecule has 1 aromatic carbocycles. The number of benzene rings is 1. The topological polar surface area (TPSA) is 33.5 Å². The highest BCUT2D eigenvalue weighted by Crippen LogP contribution is 2.23. The van der Waals surface area contributed by atoms with E-state index in [2.05, 4.69) is 67.3 Å². The minimum atomic E-state index is 0.416. The summed E-state index contributed by atoms with van der Waals surface area (Å²) in [6.07, 6.45) is 3.74. The van der Waals surface area contributed by atoms with Crippen molar-refractivity contribution in [1.82, 2.24) is 19.6 Å². The van der Waals surface area contributed by atoms with Crippen LogP contribution in [0.2, 0.25) is 0 Å². The smallest absolute Gasteiger partial charge is 0.119 e. The number of hydrogen-bond donors (Lipinski definition) is 0. The normalized spacial score (nSPS) is 17.6. The molecule has 31 heavy (non-hydrogen) atoms. The van der Waals surface area contributed by atoms with Crippen LogP contribution in [0.15, 0.2) is 24.3 Å². The maximum atomic E-state index is 5.37. The van der Waals surface area contributed by atoms with Gasteiger partial charge in [-0.15, -0.1) is 0 Å². The number of piperidine rings is 1. The largest absolute Gasteiger partial charge is 0.497 e. The lowest BCUT2D eigenvalue weighted by atomic mass is 9.96. The summed E-state index contributed by atoms with van der Waals surface area (Å²) in [6.45, 7) is 18.0. The van der Waals surface area contributed by atoms with Crippen LogP contribution >= 0.6 is 0 Å². The predicted molar refractivity (Wildman–Crippen MR) is 129 cm³/mol. The molecular formula is C26H42N4O. The molecule has 1 aromatic heterocycles. The first-order valence-corrected chi connectivity index (χ1v) is 12.0. The Balaban J connectivity index is 1.55. The molecule has 172 valence electrons. The van der Waals surface area contributed by atoms with Crippen LogP contribution in [0.1, 0.15) is 62.2 Å². The number of aromatic nitrogens is 2. The number of likely N-dealkylation sites (tertiary alicyclic amines) is 1. The molecule has 1 saturated heterocycles. The van der Waals surface area contributed by atoms with Gasteiger partial charge in [0, 0.05) is 43.5 Å². The molecular weight excluding hydrogens is 384 g/mol. The van der Waals surface area contributed by atoms with E-state index in [0.29, 0.717) is 6.04 Å². The van der Waals surface area contributed by atoms with Gasteiger partial charge in [0.05, 0.1) is 12.8 Å². The summed E-state index contributed by atoms with van der Waals surface area (Å²) < 4.78 is 7.55. The van der Waals surface area contributed by atoms with Crippen molar-refractivity contribution in [2.45, 2.75) is 66.5 Å². The van der Waals surface area contributed by atoms with Gasteiger partial charge in [-0.1, -0.05) is 19.1 Å². The fraction of sp³-hybridized carbons (Fsp3) is 0.654. The van der Waals surface area contributed by atoms with Crippen LogP contribution in [0, 0.1) is 19.8 Å². The first kappa shape index (κ1) is 23.8. The third-order valence-corrected chi connectivity index (χ3v) is 6.76. The zero-order valence-corrected chi connectivity index (χ0v) is 20.5. The summed E-state index contributed by atoms with van der Waals surface area (Å²) in [6, 6.07) is 8.91. The Bertz CT molecular complexity index is 829. The van der Waals surface area contributed by atoms with Crippen molar-refractivity contribution in [3.8, 4) is 5.75 Å². The van der Waals surface area contributed by atoms with Crippen LogP contribution in [0.25, 0.3) is 0 Å². The van der Waals surface area contributed by atoms with E-state index in [9.17, 15) is 0 Å². The zero-order chi connectivity index (χ0) is 22.4. The van der Waals surface area contributed by atoms with E-state index in [4.69, 9.17) is 9.84 Å². The molecule has 0 radical (unpaired) electrons. The van der Waals surface area contributed by atoms with Crippen LogP contribution in [-0.4, -0.2) is 59.4 Å². The lowest BCUT2D eigenvalue weighted by molar-refractivity contribution is 0.133. The second kappa shape index (κ2) is 11.1. The highest BCUT2D eigenvalue weighted by atomic mass is 16.5. The average Bonchev–Trinajstić information content (AvgIpc) is 3.06. The Kier molecular flexibility index (Phi) is 8.56. The van der Waals surface area contributed by atoms with Crippen molar-refractivity contribution in [3.63, 3.8) is 0 Å². The molecule has 0 amide bonds. The van der Waals surface area contributed by atoms with Crippen molar-refractivity contribution < 1.29 is 4.74 Å². The summed E-state index contributed by atoms with van der Waals surface area (Å²) >= 11 is 0. The lowest BCUT2D eigenvalue weighted by Gasteiger charge is -2.35. The molecule has 3 rings (SSSR count). The lowest BCUT2D eigenvalue weighted by Crippen LogP contribution is -2.41. The number of nitrogens with zero attached hydrogens (tertiary/aromatic N) is 4. The van der Waals surface area contributed by atoms with Gasteiger partial charge in [0.25, 0.3) is 0 Å². The maximum absolute atomic E-state index is 5.37. The van der Waals surface area contributed by atoms with E-state index >= 15 is 0 Å². The minimum Gasteiger partial charge on any atom is -0.497 e. The van der Waals surface area contributed by atoms with Gasteiger partial charge in [-0.2, -0.15) is 5.10 Å². The SMILES string of the molecule is CCN(Cc1c(C)nn(C(C)C)c1C)C[C@@H]1CCCN(CCc2cccc(OC)c2)C1. The number of hydrogen-bond acceptors (Lipinski definition) is 4.